The molecule has 2 N–H and O–H groups in total. The predicted octanol–water partition coefficient (Wildman–Crippen LogP) is 3.53. The number of ether oxygens (including phenoxy) is 1. The van der Waals surface area contributed by atoms with Crippen LogP contribution in [-0.4, -0.2) is 67.9 Å². The first-order chi connectivity index (χ1) is 14.4. The fourth-order valence-electron chi connectivity index (χ4n) is 2.38. The number of nitrogens with one attached hydrogen (secondary N) is 2. The van der Waals surface area contributed by atoms with Gasteiger partial charge in [-0.05, 0) is 25.7 Å². The second-order valence-corrected chi connectivity index (χ2v) is 6.73. The highest BCUT2D eigenvalue weighted by molar-refractivity contribution is 5.81. The van der Waals surface area contributed by atoms with E-state index in [1.165, 1.54) is 4.90 Å². The van der Waals surface area contributed by atoms with Crippen LogP contribution in [0.25, 0.3) is 0 Å². The summed E-state index contributed by atoms with van der Waals surface area (Å²) in [6.45, 7) is 1.67. The minimum Gasteiger partial charge on any atom is -0.449 e. The maximum absolute atomic E-state index is 12.2. The van der Waals surface area contributed by atoms with Crippen LogP contribution in [0, 0.1) is 0 Å². The number of hydrogen-bond donors (Lipinski definition) is 2. The number of rotatable bonds is 14. The Morgan fingerprint density at radius 1 is 0.742 bits per heavy atom. The maximum atomic E-state index is 12.2. The molecule has 3 amide bonds. The van der Waals surface area contributed by atoms with Gasteiger partial charge in [-0.25, -0.2) is 4.79 Å². The number of alkyl halides is 6. The number of halogens is 6. The lowest BCUT2D eigenvalue weighted by molar-refractivity contribution is -0.173. The zero-order chi connectivity index (χ0) is 23.9. The van der Waals surface area contributed by atoms with E-state index in [1.807, 2.05) is 6.92 Å². The molecule has 7 nitrogen and oxygen atoms in total. The molecular formula is C18H29F6N3O4. The van der Waals surface area contributed by atoms with Crippen LogP contribution >= 0.6 is 0 Å². The second kappa shape index (κ2) is 14.7. The quantitative estimate of drug-likeness (QED) is 0.304. The Balaban J connectivity index is 4.43. The number of unbranched alkanes of at least 4 members (excludes halogenated alkanes) is 4. The van der Waals surface area contributed by atoms with Crippen molar-refractivity contribution in [3.8, 4) is 0 Å². The van der Waals surface area contributed by atoms with Crippen LogP contribution in [0.2, 0.25) is 0 Å². The zero-order valence-corrected chi connectivity index (χ0v) is 17.3. The Morgan fingerprint density at radius 3 is 1.77 bits per heavy atom. The van der Waals surface area contributed by atoms with E-state index in [9.17, 15) is 40.7 Å². The SMILES string of the molecule is CCCCCCOC(=O)N(CCCCNC(=O)C(F)(F)F)CCCNC(=O)C(F)(F)F. The van der Waals surface area contributed by atoms with E-state index in [2.05, 4.69) is 0 Å². The normalized spacial score (nSPS) is 11.7. The first-order valence-corrected chi connectivity index (χ1v) is 10.0. The third-order valence-corrected chi connectivity index (χ3v) is 4.03. The molecule has 0 atom stereocenters. The first-order valence-electron chi connectivity index (χ1n) is 10.0. The number of amides is 3. The van der Waals surface area contributed by atoms with E-state index < -0.39 is 30.3 Å². The summed E-state index contributed by atoms with van der Waals surface area (Å²) in [6.07, 6.45) is -6.78. The molecule has 0 aliphatic rings. The molecule has 182 valence electrons. The lowest BCUT2D eigenvalue weighted by Crippen LogP contribution is -2.40. The highest BCUT2D eigenvalue weighted by Crippen LogP contribution is 2.14. The standard InChI is InChI=1S/C18H29F6N3O4/c1-2-3-4-7-13-31-16(30)27(12-8-10-26-15(29)18(22,23)24)11-6-5-9-25-14(28)17(19,20)21/h2-13H2,1H3,(H,25,28)(H,26,29). The van der Waals surface area contributed by atoms with Gasteiger partial charge in [0, 0.05) is 26.2 Å². The zero-order valence-electron chi connectivity index (χ0n) is 17.3. The van der Waals surface area contributed by atoms with Gasteiger partial charge >= 0.3 is 30.3 Å². The smallest absolute Gasteiger partial charge is 0.449 e. The van der Waals surface area contributed by atoms with Gasteiger partial charge in [-0.1, -0.05) is 26.2 Å². The Kier molecular flexibility index (Phi) is 13.7. The molecule has 0 aliphatic carbocycles. The Morgan fingerprint density at radius 2 is 1.26 bits per heavy atom. The second-order valence-electron chi connectivity index (χ2n) is 6.73. The van der Waals surface area contributed by atoms with Gasteiger partial charge in [0.25, 0.3) is 0 Å². The molecule has 0 aromatic rings. The van der Waals surface area contributed by atoms with E-state index in [1.54, 1.807) is 10.6 Å². The molecule has 0 rings (SSSR count). The van der Waals surface area contributed by atoms with Crippen LogP contribution in [0.1, 0.15) is 51.9 Å². The van der Waals surface area contributed by atoms with Crippen LogP contribution in [0.4, 0.5) is 31.1 Å². The Bertz CT molecular complexity index is 555. The molecule has 0 radical (unpaired) electrons. The molecule has 0 fully saturated rings. The van der Waals surface area contributed by atoms with Crippen molar-refractivity contribution in [2.75, 3.05) is 32.8 Å². The third kappa shape index (κ3) is 14.4. The van der Waals surface area contributed by atoms with Crippen LogP contribution in [0.15, 0.2) is 0 Å². The fourth-order valence-corrected chi connectivity index (χ4v) is 2.38. The highest BCUT2D eigenvalue weighted by atomic mass is 19.4. The van der Waals surface area contributed by atoms with Crippen molar-refractivity contribution in [1.82, 2.24) is 15.5 Å². The molecule has 0 saturated carbocycles. The number of nitrogens with zero attached hydrogens (tertiary/aromatic N) is 1. The van der Waals surface area contributed by atoms with Crippen LogP contribution in [0.3, 0.4) is 0 Å². The summed E-state index contributed by atoms with van der Waals surface area (Å²) in [7, 11) is 0. The van der Waals surface area contributed by atoms with Gasteiger partial charge in [0.2, 0.25) is 0 Å². The van der Waals surface area contributed by atoms with Gasteiger partial charge in [0.1, 0.15) is 0 Å². The summed E-state index contributed by atoms with van der Waals surface area (Å²) in [6, 6.07) is 0. The number of carbonyl (C=O) groups excluding carboxylic acids is 3. The van der Waals surface area contributed by atoms with Crippen LogP contribution in [-0.2, 0) is 14.3 Å². The van der Waals surface area contributed by atoms with Gasteiger partial charge in [0.05, 0.1) is 6.61 Å². The average molecular weight is 465 g/mol. The van der Waals surface area contributed by atoms with E-state index in [-0.39, 0.29) is 52.0 Å². The van der Waals surface area contributed by atoms with E-state index in [0.717, 1.165) is 19.3 Å². The van der Waals surface area contributed by atoms with Crippen molar-refractivity contribution < 1.29 is 45.5 Å². The summed E-state index contributed by atoms with van der Waals surface area (Å²) in [5.41, 5.74) is 0. The minimum absolute atomic E-state index is 0.0131. The van der Waals surface area contributed by atoms with Crippen molar-refractivity contribution >= 4 is 17.9 Å². The summed E-state index contributed by atoms with van der Waals surface area (Å²) in [4.78, 5) is 34.9. The molecular weight excluding hydrogens is 436 g/mol. The van der Waals surface area contributed by atoms with Gasteiger partial charge in [-0.2, -0.15) is 26.3 Å². The average Bonchev–Trinajstić information content (AvgIpc) is 2.66. The Labute approximate surface area is 176 Å². The third-order valence-electron chi connectivity index (χ3n) is 4.03. The summed E-state index contributed by atoms with van der Waals surface area (Å²) in [5.74, 6) is -4.14. The highest BCUT2D eigenvalue weighted by Gasteiger charge is 2.38. The van der Waals surface area contributed by atoms with E-state index in [0.29, 0.717) is 6.42 Å². The molecule has 0 saturated heterocycles. The van der Waals surface area contributed by atoms with Crippen molar-refractivity contribution in [3.05, 3.63) is 0 Å². The van der Waals surface area contributed by atoms with Crippen molar-refractivity contribution in [2.45, 2.75) is 64.2 Å². The lowest BCUT2D eigenvalue weighted by Gasteiger charge is -2.22. The van der Waals surface area contributed by atoms with Gasteiger partial charge < -0.3 is 20.3 Å². The van der Waals surface area contributed by atoms with Crippen LogP contribution < -0.4 is 10.6 Å². The molecule has 0 heterocycles. The molecule has 0 unspecified atom stereocenters. The predicted molar refractivity (Wildman–Crippen MR) is 99.0 cm³/mol. The van der Waals surface area contributed by atoms with E-state index >= 15 is 0 Å². The van der Waals surface area contributed by atoms with E-state index in [4.69, 9.17) is 4.74 Å². The fraction of sp³-hybridized carbons (Fsp3) is 0.833. The largest absolute Gasteiger partial charge is 0.471 e. The van der Waals surface area contributed by atoms with Gasteiger partial charge in [0.15, 0.2) is 0 Å². The van der Waals surface area contributed by atoms with Crippen molar-refractivity contribution in [3.63, 3.8) is 0 Å². The minimum atomic E-state index is -5.00. The molecule has 0 aromatic heterocycles. The summed E-state index contributed by atoms with van der Waals surface area (Å²) >= 11 is 0. The topological polar surface area (TPSA) is 87.7 Å². The molecule has 0 bridgehead atoms. The van der Waals surface area contributed by atoms with Gasteiger partial charge in [-0.15, -0.1) is 0 Å². The van der Waals surface area contributed by atoms with Crippen LogP contribution in [0.5, 0.6) is 0 Å². The maximum Gasteiger partial charge on any atom is 0.471 e. The number of carbonyl (C=O) groups is 3. The first kappa shape index (κ1) is 28.8. The van der Waals surface area contributed by atoms with Crippen molar-refractivity contribution in [2.24, 2.45) is 0 Å². The summed E-state index contributed by atoms with van der Waals surface area (Å²) in [5, 5.41) is 3.40. The monoisotopic (exact) mass is 465 g/mol. The molecule has 0 spiro atoms. The van der Waals surface area contributed by atoms with Gasteiger partial charge in [-0.3, -0.25) is 9.59 Å². The summed E-state index contributed by atoms with van der Waals surface area (Å²) < 4.78 is 77.9. The Hall–Kier alpha value is -2.21. The lowest BCUT2D eigenvalue weighted by atomic mass is 10.2. The molecule has 13 heteroatoms. The number of hydrogen-bond acceptors (Lipinski definition) is 4. The molecule has 0 aliphatic heterocycles. The van der Waals surface area contributed by atoms with Crippen molar-refractivity contribution in [1.29, 1.82) is 0 Å². The molecule has 31 heavy (non-hydrogen) atoms. The molecule has 0 aromatic carbocycles.